The number of carbonyl (C=O) groups is 3. The molecule has 0 heterocycles. The van der Waals surface area contributed by atoms with Crippen LogP contribution in [0.2, 0.25) is 0 Å². The van der Waals surface area contributed by atoms with Gasteiger partial charge in [-0.25, -0.2) is 0 Å². The Labute approximate surface area is 175 Å². The standard InChI is InChI=1S/C24H24N2O4/c1-16(24(29)26-21-13-12-18-8-6-7-11-20(18)14-21)30-23(28)15-22(25-17(2)27)19-9-4-3-5-10-19/h3-14,16,22H,15H2,1-2H3,(H,25,27)(H,26,29)/t16-,22-/m1/s1. The van der Waals surface area contributed by atoms with Crippen LogP contribution >= 0.6 is 0 Å². The highest BCUT2D eigenvalue weighted by Crippen LogP contribution is 2.20. The van der Waals surface area contributed by atoms with Crippen molar-refractivity contribution in [3.63, 3.8) is 0 Å². The van der Waals surface area contributed by atoms with Crippen molar-refractivity contribution in [3.8, 4) is 0 Å². The summed E-state index contributed by atoms with van der Waals surface area (Å²) in [4.78, 5) is 36.4. The van der Waals surface area contributed by atoms with E-state index in [1.54, 1.807) is 6.07 Å². The molecular weight excluding hydrogens is 380 g/mol. The largest absolute Gasteiger partial charge is 0.452 e. The number of esters is 1. The number of rotatable bonds is 7. The average molecular weight is 404 g/mol. The molecule has 2 amide bonds. The summed E-state index contributed by atoms with van der Waals surface area (Å²) >= 11 is 0. The predicted molar refractivity (Wildman–Crippen MR) is 116 cm³/mol. The molecule has 30 heavy (non-hydrogen) atoms. The first kappa shape index (κ1) is 21.0. The summed E-state index contributed by atoms with van der Waals surface area (Å²) in [5, 5.41) is 7.59. The number of carbonyl (C=O) groups excluding carboxylic acids is 3. The maximum absolute atomic E-state index is 12.5. The van der Waals surface area contributed by atoms with Crippen molar-refractivity contribution in [2.45, 2.75) is 32.4 Å². The lowest BCUT2D eigenvalue weighted by Gasteiger charge is -2.19. The van der Waals surface area contributed by atoms with Crippen LogP contribution in [-0.2, 0) is 19.1 Å². The molecule has 0 fully saturated rings. The van der Waals surface area contributed by atoms with Crippen LogP contribution in [0.5, 0.6) is 0 Å². The molecule has 0 unspecified atom stereocenters. The smallest absolute Gasteiger partial charge is 0.309 e. The Morgan fingerprint density at radius 2 is 1.57 bits per heavy atom. The molecule has 0 aromatic heterocycles. The van der Waals surface area contributed by atoms with E-state index in [-0.39, 0.29) is 12.3 Å². The summed E-state index contributed by atoms with van der Waals surface area (Å²) in [6.45, 7) is 2.91. The monoisotopic (exact) mass is 404 g/mol. The van der Waals surface area contributed by atoms with Crippen molar-refractivity contribution in [3.05, 3.63) is 78.4 Å². The van der Waals surface area contributed by atoms with Crippen LogP contribution < -0.4 is 10.6 Å². The summed E-state index contributed by atoms with van der Waals surface area (Å²) in [5.74, 6) is -1.24. The first-order valence-corrected chi connectivity index (χ1v) is 9.73. The van der Waals surface area contributed by atoms with E-state index in [9.17, 15) is 14.4 Å². The van der Waals surface area contributed by atoms with Crippen LogP contribution in [0.15, 0.2) is 72.8 Å². The zero-order valence-electron chi connectivity index (χ0n) is 16.9. The van der Waals surface area contributed by atoms with Gasteiger partial charge in [0.25, 0.3) is 5.91 Å². The highest BCUT2D eigenvalue weighted by molar-refractivity contribution is 5.97. The SMILES string of the molecule is CC(=O)N[C@H](CC(=O)O[C@H](C)C(=O)Nc1ccc2ccccc2c1)c1ccccc1. The van der Waals surface area contributed by atoms with Gasteiger partial charge < -0.3 is 15.4 Å². The van der Waals surface area contributed by atoms with Crippen molar-refractivity contribution in [2.24, 2.45) is 0 Å². The van der Waals surface area contributed by atoms with E-state index in [0.717, 1.165) is 16.3 Å². The van der Waals surface area contributed by atoms with Crippen LogP contribution in [0, 0.1) is 0 Å². The Bertz CT molecular complexity index is 1050. The minimum Gasteiger partial charge on any atom is -0.452 e. The molecule has 0 saturated carbocycles. The van der Waals surface area contributed by atoms with Crippen LogP contribution in [0.25, 0.3) is 10.8 Å². The molecule has 0 aliphatic heterocycles. The molecule has 6 nitrogen and oxygen atoms in total. The molecular formula is C24H24N2O4. The maximum Gasteiger partial charge on any atom is 0.309 e. The molecule has 0 aliphatic carbocycles. The Hall–Kier alpha value is -3.67. The summed E-state index contributed by atoms with van der Waals surface area (Å²) in [6.07, 6.45) is -1.05. The number of hydrogen-bond donors (Lipinski definition) is 2. The van der Waals surface area contributed by atoms with Gasteiger partial charge in [0.05, 0.1) is 12.5 Å². The van der Waals surface area contributed by atoms with Crippen molar-refractivity contribution >= 4 is 34.2 Å². The van der Waals surface area contributed by atoms with Gasteiger partial charge in [0, 0.05) is 12.6 Å². The zero-order valence-corrected chi connectivity index (χ0v) is 16.9. The van der Waals surface area contributed by atoms with Crippen LogP contribution in [0.4, 0.5) is 5.69 Å². The molecule has 0 aliphatic rings. The van der Waals surface area contributed by atoms with E-state index in [1.807, 2.05) is 66.7 Å². The lowest BCUT2D eigenvalue weighted by atomic mass is 10.0. The van der Waals surface area contributed by atoms with Crippen molar-refractivity contribution in [2.75, 3.05) is 5.32 Å². The second-order valence-corrected chi connectivity index (χ2v) is 7.05. The second kappa shape index (κ2) is 9.69. The molecule has 0 saturated heterocycles. The van der Waals surface area contributed by atoms with Gasteiger partial charge >= 0.3 is 5.97 Å². The Kier molecular flexibility index (Phi) is 6.80. The van der Waals surface area contributed by atoms with Gasteiger partial charge in [-0.05, 0) is 35.4 Å². The van der Waals surface area contributed by atoms with Gasteiger partial charge in [-0.15, -0.1) is 0 Å². The van der Waals surface area contributed by atoms with Crippen LogP contribution in [-0.4, -0.2) is 23.9 Å². The minimum absolute atomic E-state index is 0.0722. The summed E-state index contributed by atoms with van der Waals surface area (Å²) in [7, 11) is 0. The first-order chi connectivity index (χ1) is 14.4. The minimum atomic E-state index is -0.974. The number of nitrogens with one attached hydrogen (secondary N) is 2. The molecule has 2 N–H and O–H groups in total. The molecule has 0 spiro atoms. The molecule has 0 bridgehead atoms. The van der Waals surface area contributed by atoms with Gasteiger partial charge in [-0.2, -0.15) is 0 Å². The highest BCUT2D eigenvalue weighted by Gasteiger charge is 2.22. The van der Waals surface area contributed by atoms with Gasteiger partial charge in [-0.1, -0.05) is 60.7 Å². The lowest BCUT2D eigenvalue weighted by molar-refractivity contribution is -0.153. The number of benzene rings is 3. The molecule has 0 radical (unpaired) electrons. The summed E-state index contributed by atoms with van der Waals surface area (Å²) in [6, 6.07) is 22.0. The van der Waals surface area contributed by atoms with Crippen LogP contribution in [0.1, 0.15) is 31.9 Å². The van der Waals surface area contributed by atoms with Crippen molar-refractivity contribution < 1.29 is 19.1 Å². The lowest BCUT2D eigenvalue weighted by Crippen LogP contribution is -2.33. The molecule has 6 heteroatoms. The third-order valence-electron chi connectivity index (χ3n) is 4.64. The maximum atomic E-state index is 12.5. The van der Waals surface area contributed by atoms with E-state index >= 15 is 0 Å². The average Bonchev–Trinajstić information content (AvgIpc) is 2.73. The summed E-state index contributed by atoms with van der Waals surface area (Å²) in [5.41, 5.74) is 1.42. The molecule has 3 aromatic carbocycles. The number of hydrogen-bond acceptors (Lipinski definition) is 4. The van der Waals surface area contributed by atoms with Crippen molar-refractivity contribution in [1.29, 1.82) is 0 Å². The molecule has 2 atom stereocenters. The van der Waals surface area contributed by atoms with Crippen molar-refractivity contribution in [1.82, 2.24) is 5.32 Å². The van der Waals surface area contributed by atoms with Crippen LogP contribution in [0.3, 0.4) is 0 Å². The van der Waals surface area contributed by atoms with Gasteiger partial charge in [-0.3, -0.25) is 14.4 Å². The Balaban J connectivity index is 1.60. The predicted octanol–water partition coefficient (Wildman–Crippen LogP) is 3.98. The topological polar surface area (TPSA) is 84.5 Å². The first-order valence-electron chi connectivity index (χ1n) is 9.73. The third-order valence-corrected chi connectivity index (χ3v) is 4.64. The fourth-order valence-electron chi connectivity index (χ4n) is 3.16. The van der Waals surface area contributed by atoms with E-state index < -0.39 is 24.0 Å². The Morgan fingerprint density at radius 1 is 0.900 bits per heavy atom. The van der Waals surface area contributed by atoms with Gasteiger partial charge in [0.1, 0.15) is 0 Å². The molecule has 3 rings (SSSR count). The fraction of sp³-hybridized carbons (Fsp3) is 0.208. The van der Waals surface area contributed by atoms with E-state index in [1.165, 1.54) is 13.8 Å². The van der Waals surface area contributed by atoms with Gasteiger partial charge in [0.15, 0.2) is 6.10 Å². The van der Waals surface area contributed by atoms with Gasteiger partial charge in [0.2, 0.25) is 5.91 Å². The second-order valence-electron chi connectivity index (χ2n) is 7.05. The third kappa shape index (κ3) is 5.67. The van der Waals surface area contributed by atoms with E-state index in [0.29, 0.717) is 5.69 Å². The molecule has 3 aromatic rings. The Morgan fingerprint density at radius 3 is 2.27 bits per heavy atom. The van der Waals surface area contributed by atoms with E-state index in [2.05, 4.69) is 10.6 Å². The summed E-state index contributed by atoms with van der Waals surface area (Å²) < 4.78 is 5.30. The normalized spacial score (nSPS) is 12.6. The molecule has 154 valence electrons. The fourth-order valence-corrected chi connectivity index (χ4v) is 3.16. The number of anilines is 1. The highest BCUT2D eigenvalue weighted by atomic mass is 16.5. The van der Waals surface area contributed by atoms with E-state index in [4.69, 9.17) is 4.74 Å². The quantitative estimate of drug-likeness (QED) is 0.584. The number of ether oxygens (including phenoxy) is 1. The zero-order chi connectivity index (χ0) is 21.5. The number of amides is 2. The number of fused-ring (bicyclic) bond motifs is 1.